The highest BCUT2D eigenvalue weighted by Crippen LogP contribution is 2.20. The molecule has 18 heavy (non-hydrogen) atoms. The number of rotatable bonds is 6. The molecule has 0 aliphatic carbocycles. The first kappa shape index (κ1) is 14.3. The van der Waals surface area contributed by atoms with Crippen LogP contribution in [0.3, 0.4) is 0 Å². The van der Waals surface area contributed by atoms with Gasteiger partial charge in [-0.2, -0.15) is 0 Å². The van der Waals surface area contributed by atoms with Gasteiger partial charge in [0.2, 0.25) is 0 Å². The predicted octanol–water partition coefficient (Wildman–Crippen LogP) is 0.910. The van der Waals surface area contributed by atoms with E-state index >= 15 is 0 Å². The van der Waals surface area contributed by atoms with Gasteiger partial charge in [0.15, 0.2) is 0 Å². The summed E-state index contributed by atoms with van der Waals surface area (Å²) in [5.41, 5.74) is 5.97. The molecule has 1 atom stereocenters. The summed E-state index contributed by atoms with van der Waals surface area (Å²) in [4.78, 5) is 5.29. The van der Waals surface area contributed by atoms with Crippen molar-refractivity contribution in [1.29, 1.82) is 0 Å². The number of hydrogen-bond acceptors (Lipinski definition) is 4. The minimum absolute atomic E-state index is 0.452. The van der Waals surface area contributed by atoms with Gasteiger partial charge >= 0.3 is 0 Å². The summed E-state index contributed by atoms with van der Waals surface area (Å²) < 4.78 is 5.09. The van der Waals surface area contributed by atoms with Crippen molar-refractivity contribution >= 4 is 0 Å². The molecule has 0 saturated carbocycles. The lowest BCUT2D eigenvalue weighted by atomic mass is 10.0. The zero-order valence-electron chi connectivity index (χ0n) is 11.8. The predicted molar refractivity (Wildman–Crippen MR) is 74.7 cm³/mol. The van der Waals surface area contributed by atoms with E-state index in [1.54, 1.807) is 7.11 Å². The monoisotopic (exact) mass is 255 g/mol. The summed E-state index contributed by atoms with van der Waals surface area (Å²) in [7, 11) is 1.78. The quantitative estimate of drug-likeness (QED) is 0.716. The third kappa shape index (κ3) is 4.19. The first-order valence-electron chi connectivity index (χ1n) is 7.50. The fourth-order valence-electron chi connectivity index (χ4n) is 3.18. The lowest BCUT2D eigenvalue weighted by molar-refractivity contribution is 0.150. The molecule has 4 heteroatoms. The average Bonchev–Trinajstić information content (AvgIpc) is 2.84. The van der Waals surface area contributed by atoms with Crippen LogP contribution in [0.25, 0.3) is 0 Å². The van der Waals surface area contributed by atoms with E-state index < -0.39 is 0 Å². The van der Waals surface area contributed by atoms with Gasteiger partial charge in [-0.25, -0.2) is 0 Å². The van der Waals surface area contributed by atoms with Crippen molar-refractivity contribution in [1.82, 2.24) is 9.80 Å². The number of nitrogens with zero attached hydrogens (tertiary/aromatic N) is 2. The van der Waals surface area contributed by atoms with E-state index in [2.05, 4.69) is 9.80 Å². The molecule has 2 N–H and O–H groups in total. The second-order valence-corrected chi connectivity index (χ2v) is 5.82. The van der Waals surface area contributed by atoms with Crippen molar-refractivity contribution in [3.63, 3.8) is 0 Å². The third-order valence-electron chi connectivity index (χ3n) is 4.41. The fraction of sp³-hybridized carbons (Fsp3) is 1.00. The topological polar surface area (TPSA) is 41.7 Å². The minimum atomic E-state index is 0.452. The Hall–Kier alpha value is -0.160. The number of hydrogen-bond donors (Lipinski definition) is 1. The number of likely N-dealkylation sites (tertiary alicyclic amines) is 2. The Bertz CT molecular complexity index is 229. The summed E-state index contributed by atoms with van der Waals surface area (Å²) in [6.07, 6.45) is 6.18. The van der Waals surface area contributed by atoms with Crippen molar-refractivity contribution in [2.75, 3.05) is 46.4 Å². The molecule has 2 rings (SSSR count). The molecule has 0 aromatic heterocycles. The van der Waals surface area contributed by atoms with E-state index in [0.717, 1.165) is 12.6 Å². The van der Waals surface area contributed by atoms with E-state index in [1.807, 2.05) is 0 Å². The molecule has 2 aliphatic heterocycles. The molecule has 2 saturated heterocycles. The highest BCUT2D eigenvalue weighted by atomic mass is 16.5. The maximum Gasteiger partial charge on any atom is 0.0462 e. The van der Waals surface area contributed by atoms with E-state index in [0.29, 0.717) is 6.04 Å². The molecule has 0 aromatic carbocycles. The number of ether oxygens (including phenoxy) is 1. The SMILES string of the molecule is COCCCCN1CCC(N2CCC(N)CC2)C1. The Labute approximate surface area is 111 Å². The van der Waals surface area contributed by atoms with Gasteiger partial charge in [0.25, 0.3) is 0 Å². The van der Waals surface area contributed by atoms with Crippen LogP contribution in [0, 0.1) is 0 Å². The van der Waals surface area contributed by atoms with Gasteiger partial charge in [-0.3, -0.25) is 4.90 Å². The number of nitrogens with two attached hydrogens (primary N) is 1. The average molecular weight is 255 g/mol. The molecule has 0 amide bonds. The Balaban J connectivity index is 1.62. The van der Waals surface area contributed by atoms with Gasteiger partial charge in [0.1, 0.15) is 0 Å². The summed E-state index contributed by atoms with van der Waals surface area (Å²) in [6.45, 7) is 7.11. The Morgan fingerprint density at radius 1 is 1.11 bits per heavy atom. The van der Waals surface area contributed by atoms with Crippen molar-refractivity contribution in [3.8, 4) is 0 Å². The van der Waals surface area contributed by atoms with Crippen LogP contribution in [-0.4, -0.2) is 68.3 Å². The maximum atomic E-state index is 5.97. The molecule has 2 fully saturated rings. The maximum absolute atomic E-state index is 5.97. The van der Waals surface area contributed by atoms with E-state index in [-0.39, 0.29) is 0 Å². The van der Waals surface area contributed by atoms with Crippen molar-refractivity contribution < 1.29 is 4.74 Å². The summed E-state index contributed by atoms with van der Waals surface area (Å²) >= 11 is 0. The van der Waals surface area contributed by atoms with Gasteiger partial charge in [-0.05, 0) is 58.3 Å². The van der Waals surface area contributed by atoms with Gasteiger partial charge in [-0.15, -0.1) is 0 Å². The normalized spacial score (nSPS) is 28.0. The van der Waals surface area contributed by atoms with Crippen molar-refractivity contribution in [3.05, 3.63) is 0 Å². The van der Waals surface area contributed by atoms with Crippen LogP contribution in [0.2, 0.25) is 0 Å². The van der Waals surface area contributed by atoms with Crippen molar-refractivity contribution in [2.24, 2.45) is 5.73 Å². The highest BCUT2D eigenvalue weighted by molar-refractivity contribution is 4.86. The minimum Gasteiger partial charge on any atom is -0.385 e. The fourth-order valence-corrected chi connectivity index (χ4v) is 3.18. The van der Waals surface area contributed by atoms with Crippen LogP contribution in [0.15, 0.2) is 0 Å². The van der Waals surface area contributed by atoms with Gasteiger partial charge in [0, 0.05) is 32.3 Å². The Kier molecular flexibility index (Phi) is 5.89. The van der Waals surface area contributed by atoms with Crippen molar-refractivity contribution in [2.45, 2.75) is 44.2 Å². The second kappa shape index (κ2) is 7.43. The molecule has 4 nitrogen and oxygen atoms in total. The zero-order valence-corrected chi connectivity index (χ0v) is 11.8. The molecular formula is C14H29N3O. The van der Waals surface area contributed by atoms with Crippen LogP contribution in [0.4, 0.5) is 0 Å². The third-order valence-corrected chi connectivity index (χ3v) is 4.41. The standard InChI is InChI=1S/C14H29N3O/c1-18-11-3-2-7-16-8-6-14(12-16)17-9-4-13(15)5-10-17/h13-14H,2-12,15H2,1H3. The van der Waals surface area contributed by atoms with Gasteiger partial charge in [0.05, 0.1) is 0 Å². The summed E-state index contributed by atoms with van der Waals surface area (Å²) in [5, 5.41) is 0. The first-order valence-corrected chi connectivity index (χ1v) is 7.50. The van der Waals surface area contributed by atoms with Gasteiger partial charge < -0.3 is 15.4 Å². The second-order valence-electron chi connectivity index (χ2n) is 5.82. The van der Waals surface area contributed by atoms with Crippen LogP contribution in [-0.2, 0) is 4.74 Å². The molecule has 0 spiro atoms. The van der Waals surface area contributed by atoms with Gasteiger partial charge in [-0.1, -0.05) is 0 Å². The summed E-state index contributed by atoms with van der Waals surface area (Å²) in [6, 6.07) is 1.24. The highest BCUT2D eigenvalue weighted by Gasteiger charge is 2.29. The van der Waals surface area contributed by atoms with Crippen LogP contribution >= 0.6 is 0 Å². The van der Waals surface area contributed by atoms with E-state index in [9.17, 15) is 0 Å². The molecular weight excluding hydrogens is 226 g/mol. The largest absolute Gasteiger partial charge is 0.385 e. The Morgan fingerprint density at radius 3 is 2.61 bits per heavy atom. The molecule has 0 aromatic rings. The number of unbranched alkanes of at least 4 members (excludes halogenated alkanes) is 1. The molecule has 106 valence electrons. The molecule has 0 bridgehead atoms. The van der Waals surface area contributed by atoms with Crippen LogP contribution in [0.5, 0.6) is 0 Å². The molecule has 1 unspecified atom stereocenters. The number of piperidine rings is 1. The summed E-state index contributed by atoms with van der Waals surface area (Å²) in [5.74, 6) is 0. The number of methoxy groups -OCH3 is 1. The molecule has 2 aliphatic rings. The smallest absolute Gasteiger partial charge is 0.0462 e. The lowest BCUT2D eigenvalue weighted by Gasteiger charge is -2.34. The molecule has 0 radical (unpaired) electrons. The van der Waals surface area contributed by atoms with Crippen LogP contribution < -0.4 is 5.73 Å². The lowest BCUT2D eigenvalue weighted by Crippen LogP contribution is -2.46. The van der Waals surface area contributed by atoms with E-state index in [4.69, 9.17) is 10.5 Å². The Morgan fingerprint density at radius 2 is 1.89 bits per heavy atom. The van der Waals surface area contributed by atoms with Crippen LogP contribution in [0.1, 0.15) is 32.1 Å². The first-order chi connectivity index (χ1) is 8.79. The zero-order chi connectivity index (χ0) is 12.8. The van der Waals surface area contributed by atoms with E-state index in [1.165, 1.54) is 64.8 Å². The molecule has 2 heterocycles.